The van der Waals surface area contributed by atoms with E-state index in [9.17, 15) is 4.79 Å². The number of amides is 1. The number of hydrogen-bond donors (Lipinski definition) is 0. The molecule has 0 aliphatic rings. The van der Waals surface area contributed by atoms with E-state index < -0.39 is 0 Å². The predicted octanol–water partition coefficient (Wildman–Crippen LogP) is 4.69. The number of benzene rings is 2. The second-order valence-corrected chi connectivity index (χ2v) is 6.48. The minimum atomic E-state index is -0.0771. The second kappa shape index (κ2) is 9.82. The fourth-order valence-corrected chi connectivity index (χ4v) is 2.72. The molecule has 4 nitrogen and oxygen atoms in total. The van der Waals surface area contributed by atoms with Gasteiger partial charge in [-0.2, -0.15) is 0 Å². The quantitative estimate of drug-likeness (QED) is 0.463. The van der Waals surface area contributed by atoms with Crippen LogP contribution in [0.3, 0.4) is 0 Å². The maximum absolute atomic E-state index is 12.4. The summed E-state index contributed by atoms with van der Waals surface area (Å²) >= 11 is 3.50. The fraction of sp³-hybridized carbons (Fsp3) is 0.190. The number of methoxy groups -OCH3 is 1. The Bertz CT molecular complexity index is 802. The van der Waals surface area contributed by atoms with Crippen molar-refractivity contribution in [1.29, 1.82) is 0 Å². The van der Waals surface area contributed by atoms with E-state index in [0.717, 1.165) is 15.6 Å². The van der Waals surface area contributed by atoms with Crippen LogP contribution in [-0.2, 0) is 11.3 Å². The summed E-state index contributed by atoms with van der Waals surface area (Å²) in [6, 6.07) is 13.4. The van der Waals surface area contributed by atoms with Crippen molar-refractivity contribution in [2.75, 3.05) is 20.8 Å². The molecule has 0 atom stereocenters. The van der Waals surface area contributed by atoms with Crippen LogP contribution in [0.5, 0.6) is 11.5 Å². The lowest BCUT2D eigenvalue weighted by Gasteiger charge is -2.16. The molecular weight excluding hydrogens is 394 g/mol. The molecule has 136 valence electrons. The third-order valence-electron chi connectivity index (χ3n) is 3.70. The van der Waals surface area contributed by atoms with E-state index >= 15 is 0 Å². The molecule has 0 spiro atoms. The van der Waals surface area contributed by atoms with E-state index in [1.165, 1.54) is 0 Å². The van der Waals surface area contributed by atoms with Crippen molar-refractivity contribution in [1.82, 2.24) is 4.90 Å². The number of halogens is 1. The average Bonchev–Trinajstić information content (AvgIpc) is 2.66. The number of carbonyl (C=O) groups is 1. The first-order valence-corrected chi connectivity index (χ1v) is 8.92. The molecule has 0 bridgehead atoms. The summed E-state index contributed by atoms with van der Waals surface area (Å²) in [6.07, 6.45) is 4.99. The Morgan fingerprint density at radius 2 is 2.00 bits per heavy atom. The Morgan fingerprint density at radius 1 is 1.23 bits per heavy atom. The SMILES string of the molecule is C=CCOc1ccc(/C=C/C(=O)N(C)Cc2ccccc2Br)cc1OC. The van der Waals surface area contributed by atoms with Crippen molar-refractivity contribution in [3.63, 3.8) is 0 Å². The number of rotatable bonds is 8. The molecule has 0 aromatic heterocycles. The molecule has 26 heavy (non-hydrogen) atoms. The summed E-state index contributed by atoms with van der Waals surface area (Å²) < 4.78 is 11.9. The van der Waals surface area contributed by atoms with Gasteiger partial charge < -0.3 is 14.4 Å². The summed E-state index contributed by atoms with van der Waals surface area (Å²) in [5, 5.41) is 0. The van der Waals surface area contributed by atoms with Crippen LogP contribution in [-0.4, -0.2) is 31.6 Å². The first-order chi connectivity index (χ1) is 12.5. The largest absolute Gasteiger partial charge is 0.493 e. The molecule has 0 fully saturated rings. The smallest absolute Gasteiger partial charge is 0.246 e. The van der Waals surface area contributed by atoms with Crippen LogP contribution in [0.2, 0.25) is 0 Å². The molecule has 0 aliphatic carbocycles. The van der Waals surface area contributed by atoms with E-state index in [0.29, 0.717) is 24.7 Å². The lowest BCUT2D eigenvalue weighted by molar-refractivity contribution is -0.125. The maximum Gasteiger partial charge on any atom is 0.246 e. The maximum atomic E-state index is 12.4. The van der Waals surface area contributed by atoms with Gasteiger partial charge in [0.15, 0.2) is 11.5 Å². The summed E-state index contributed by atoms with van der Waals surface area (Å²) in [5.74, 6) is 1.18. The van der Waals surface area contributed by atoms with Crippen molar-refractivity contribution in [3.05, 3.63) is 76.8 Å². The van der Waals surface area contributed by atoms with Crippen LogP contribution in [0, 0.1) is 0 Å². The van der Waals surface area contributed by atoms with Crippen LogP contribution in [0.15, 0.2) is 65.7 Å². The first-order valence-electron chi connectivity index (χ1n) is 8.13. The lowest BCUT2D eigenvalue weighted by Crippen LogP contribution is -2.24. The molecule has 2 rings (SSSR count). The van der Waals surface area contributed by atoms with Crippen molar-refractivity contribution in [2.24, 2.45) is 0 Å². The van der Waals surface area contributed by atoms with E-state index in [1.54, 1.807) is 37.3 Å². The van der Waals surface area contributed by atoms with E-state index in [1.807, 2.05) is 42.5 Å². The third kappa shape index (κ3) is 5.49. The van der Waals surface area contributed by atoms with Gasteiger partial charge >= 0.3 is 0 Å². The lowest BCUT2D eigenvalue weighted by atomic mass is 10.1. The summed E-state index contributed by atoms with van der Waals surface area (Å²) in [6.45, 7) is 4.56. The normalized spacial score (nSPS) is 10.6. The highest BCUT2D eigenvalue weighted by atomic mass is 79.9. The Morgan fingerprint density at radius 3 is 2.69 bits per heavy atom. The van der Waals surface area contributed by atoms with Gasteiger partial charge in [-0.3, -0.25) is 4.79 Å². The summed E-state index contributed by atoms with van der Waals surface area (Å²) in [4.78, 5) is 14.0. The van der Waals surface area contributed by atoms with Gasteiger partial charge in [-0.05, 0) is 35.4 Å². The molecule has 0 N–H and O–H groups in total. The first kappa shape index (κ1) is 19.8. The molecule has 5 heteroatoms. The monoisotopic (exact) mass is 415 g/mol. The number of carbonyl (C=O) groups excluding carboxylic acids is 1. The Labute approximate surface area is 162 Å². The Kier molecular flexibility index (Phi) is 7.48. The highest BCUT2D eigenvalue weighted by Crippen LogP contribution is 2.28. The average molecular weight is 416 g/mol. The Hall–Kier alpha value is -2.53. The van der Waals surface area contributed by atoms with Crippen LogP contribution >= 0.6 is 15.9 Å². The molecule has 2 aromatic rings. The van der Waals surface area contributed by atoms with Gasteiger partial charge in [-0.15, -0.1) is 0 Å². The molecule has 0 aliphatic heterocycles. The van der Waals surface area contributed by atoms with Gasteiger partial charge in [-0.1, -0.05) is 52.9 Å². The van der Waals surface area contributed by atoms with Gasteiger partial charge in [-0.25, -0.2) is 0 Å². The topological polar surface area (TPSA) is 38.8 Å². The summed E-state index contributed by atoms with van der Waals surface area (Å²) in [5.41, 5.74) is 1.91. The van der Waals surface area contributed by atoms with Crippen LogP contribution in [0.1, 0.15) is 11.1 Å². The second-order valence-electron chi connectivity index (χ2n) is 5.63. The zero-order chi connectivity index (χ0) is 18.9. The Balaban J connectivity index is 2.04. The van der Waals surface area contributed by atoms with E-state index in [2.05, 4.69) is 22.5 Å². The van der Waals surface area contributed by atoms with E-state index in [4.69, 9.17) is 9.47 Å². The van der Waals surface area contributed by atoms with Gasteiger partial charge in [0.1, 0.15) is 6.61 Å². The van der Waals surface area contributed by atoms with Crippen molar-refractivity contribution in [2.45, 2.75) is 6.54 Å². The molecule has 0 heterocycles. The highest BCUT2D eigenvalue weighted by molar-refractivity contribution is 9.10. The van der Waals surface area contributed by atoms with E-state index in [-0.39, 0.29) is 5.91 Å². The predicted molar refractivity (Wildman–Crippen MR) is 108 cm³/mol. The summed E-state index contributed by atoms with van der Waals surface area (Å²) in [7, 11) is 3.36. The zero-order valence-corrected chi connectivity index (χ0v) is 16.5. The van der Waals surface area contributed by atoms with Gasteiger partial charge in [0.25, 0.3) is 0 Å². The number of nitrogens with zero attached hydrogens (tertiary/aromatic N) is 1. The third-order valence-corrected chi connectivity index (χ3v) is 4.48. The zero-order valence-electron chi connectivity index (χ0n) is 14.9. The van der Waals surface area contributed by atoms with Gasteiger partial charge in [0.2, 0.25) is 5.91 Å². The minimum Gasteiger partial charge on any atom is -0.493 e. The molecule has 0 saturated carbocycles. The van der Waals surface area contributed by atoms with Crippen LogP contribution < -0.4 is 9.47 Å². The van der Waals surface area contributed by atoms with Crippen molar-refractivity contribution < 1.29 is 14.3 Å². The molecular formula is C21H22BrNO3. The van der Waals surface area contributed by atoms with Crippen LogP contribution in [0.25, 0.3) is 6.08 Å². The molecule has 0 unspecified atom stereocenters. The molecule has 0 radical (unpaired) electrons. The number of hydrogen-bond acceptors (Lipinski definition) is 3. The van der Waals surface area contributed by atoms with Crippen molar-refractivity contribution >= 4 is 27.9 Å². The van der Waals surface area contributed by atoms with Crippen molar-refractivity contribution in [3.8, 4) is 11.5 Å². The minimum absolute atomic E-state index is 0.0771. The van der Waals surface area contributed by atoms with Crippen LogP contribution in [0.4, 0.5) is 0 Å². The highest BCUT2D eigenvalue weighted by Gasteiger charge is 2.08. The van der Waals surface area contributed by atoms with Gasteiger partial charge in [0, 0.05) is 24.1 Å². The number of ether oxygens (including phenoxy) is 2. The molecule has 1 amide bonds. The molecule has 2 aromatic carbocycles. The standard InChI is InChI=1S/C21H22BrNO3/c1-4-13-26-19-11-9-16(14-20(19)25-3)10-12-21(24)23(2)15-17-7-5-6-8-18(17)22/h4-12,14H,1,13,15H2,2-3H3/b12-10+. The fourth-order valence-electron chi connectivity index (χ4n) is 2.31. The molecule has 0 saturated heterocycles. The van der Waals surface area contributed by atoms with Gasteiger partial charge in [0.05, 0.1) is 7.11 Å². The number of likely N-dealkylation sites (N-methyl/N-ethyl adjacent to an activating group) is 1.